The number of hydrogen-bond acceptors (Lipinski definition) is 2. The van der Waals surface area contributed by atoms with E-state index in [9.17, 15) is 13.6 Å². The zero-order valence-corrected chi connectivity index (χ0v) is 9.90. The number of benzene rings is 2. The molecule has 5 heteroatoms. The average Bonchev–Trinajstić information content (AvgIpc) is 2.38. The van der Waals surface area contributed by atoms with Gasteiger partial charge in [0.25, 0.3) is 5.91 Å². The minimum Gasteiger partial charge on any atom is -0.484 e. The van der Waals surface area contributed by atoms with Gasteiger partial charge in [-0.1, -0.05) is 6.07 Å². The summed E-state index contributed by atoms with van der Waals surface area (Å²) < 4.78 is 30.7. The van der Waals surface area contributed by atoms with Crippen molar-refractivity contribution < 1.29 is 18.3 Å². The first kappa shape index (κ1) is 13.0. The van der Waals surface area contributed by atoms with Crippen molar-refractivity contribution in [2.75, 3.05) is 11.9 Å². The number of hydrogen-bond donors (Lipinski definition) is 1. The third kappa shape index (κ3) is 4.06. The second-order valence-corrected chi connectivity index (χ2v) is 3.80. The van der Waals surface area contributed by atoms with Gasteiger partial charge in [0.05, 0.1) is 0 Å². The van der Waals surface area contributed by atoms with E-state index >= 15 is 0 Å². The molecule has 0 aliphatic heterocycles. The average molecular weight is 263 g/mol. The van der Waals surface area contributed by atoms with E-state index in [4.69, 9.17) is 4.74 Å². The summed E-state index contributed by atoms with van der Waals surface area (Å²) in [5.41, 5.74) is 0.354. The second kappa shape index (κ2) is 5.95. The van der Waals surface area contributed by atoms with Crippen LogP contribution < -0.4 is 10.1 Å². The van der Waals surface area contributed by atoms with Crippen molar-refractivity contribution in [1.82, 2.24) is 0 Å². The van der Waals surface area contributed by atoms with Crippen molar-refractivity contribution in [2.45, 2.75) is 0 Å². The van der Waals surface area contributed by atoms with Gasteiger partial charge in [-0.2, -0.15) is 0 Å². The lowest BCUT2D eigenvalue weighted by Gasteiger charge is -2.07. The molecule has 1 amide bonds. The molecule has 19 heavy (non-hydrogen) atoms. The highest BCUT2D eigenvalue weighted by Crippen LogP contribution is 2.12. The largest absolute Gasteiger partial charge is 0.484 e. The summed E-state index contributed by atoms with van der Waals surface area (Å²) in [5.74, 6) is -0.848. The molecule has 0 radical (unpaired) electrons. The van der Waals surface area contributed by atoms with Crippen LogP contribution in [0.3, 0.4) is 0 Å². The molecule has 0 atom stereocenters. The predicted octanol–water partition coefficient (Wildman–Crippen LogP) is 2.98. The Hall–Kier alpha value is -2.43. The Morgan fingerprint density at radius 3 is 2.47 bits per heavy atom. The van der Waals surface area contributed by atoms with E-state index in [0.29, 0.717) is 11.4 Å². The Balaban J connectivity index is 1.86. The summed E-state index contributed by atoms with van der Waals surface area (Å²) >= 11 is 0. The molecule has 0 spiro atoms. The molecule has 2 aromatic rings. The zero-order chi connectivity index (χ0) is 13.7. The van der Waals surface area contributed by atoms with Gasteiger partial charge < -0.3 is 10.1 Å². The van der Waals surface area contributed by atoms with Gasteiger partial charge in [-0.25, -0.2) is 8.78 Å². The van der Waals surface area contributed by atoms with Gasteiger partial charge in [0.15, 0.2) is 6.61 Å². The zero-order valence-electron chi connectivity index (χ0n) is 9.90. The fraction of sp³-hybridized carbons (Fsp3) is 0.0714. The lowest BCUT2D eigenvalue weighted by molar-refractivity contribution is -0.118. The molecule has 2 rings (SSSR count). The molecule has 0 aliphatic carbocycles. The van der Waals surface area contributed by atoms with Gasteiger partial charge in [-0.15, -0.1) is 0 Å². The maximum absolute atomic E-state index is 12.9. The number of halogens is 2. The van der Waals surface area contributed by atoms with E-state index in [1.54, 1.807) is 6.07 Å². The van der Waals surface area contributed by atoms with Gasteiger partial charge in [-0.05, 0) is 42.5 Å². The first-order valence-electron chi connectivity index (χ1n) is 5.57. The molecule has 0 heterocycles. The fourth-order valence-corrected chi connectivity index (χ4v) is 1.44. The first-order chi connectivity index (χ1) is 9.13. The van der Waals surface area contributed by atoms with Crippen molar-refractivity contribution in [3.05, 3.63) is 60.2 Å². The molecule has 98 valence electrons. The van der Waals surface area contributed by atoms with Crippen LogP contribution >= 0.6 is 0 Å². The SMILES string of the molecule is O=C(COc1ccc(F)cc1)Nc1cccc(F)c1. The van der Waals surface area contributed by atoms with E-state index < -0.39 is 11.7 Å². The highest BCUT2D eigenvalue weighted by atomic mass is 19.1. The van der Waals surface area contributed by atoms with E-state index in [-0.39, 0.29) is 12.4 Å². The summed E-state index contributed by atoms with van der Waals surface area (Å²) in [6.45, 7) is -0.234. The van der Waals surface area contributed by atoms with E-state index in [0.717, 1.165) is 0 Å². The highest BCUT2D eigenvalue weighted by Gasteiger charge is 2.04. The third-order valence-electron chi connectivity index (χ3n) is 2.29. The Morgan fingerprint density at radius 1 is 1.05 bits per heavy atom. The molecule has 1 N–H and O–H groups in total. The summed E-state index contributed by atoms with van der Waals surface area (Å²) in [6, 6.07) is 10.9. The lowest BCUT2D eigenvalue weighted by atomic mass is 10.3. The maximum atomic E-state index is 12.9. The topological polar surface area (TPSA) is 38.3 Å². The number of carbonyl (C=O) groups is 1. The van der Waals surface area contributed by atoms with E-state index in [1.165, 1.54) is 42.5 Å². The monoisotopic (exact) mass is 263 g/mol. The Labute approximate surface area is 108 Å². The minimum absolute atomic E-state index is 0.234. The molecule has 0 bridgehead atoms. The van der Waals surface area contributed by atoms with Crippen LogP contribution in [0.5, 0.6) is 5.75 Å². The van der Waals surface area contributed by atoms with Crippen LogP contribution in [0.25, 0.3) is 0 Å². The quantitative estimate of drug-likeness (QED) is 0.920. The summed E-state index contributed by atoms with van der Waals surface area (Å²) in [7, 11) is 0. The van der Waals surface area contributed by atoms with Crippen molar-refractivity contribution in [3.63, 3.8) is 0 Å². The molecule has 0 unspecified atom stereocenters. The molecule has 2 aromatic carbocycles. The molecular formula is C14H11F2NO2. The van der Waals surface area contributed by atoms with Gasteiger partial charge in [-0.3, -0.25) is 4.79 Å². The molecule has 0 saturated heterocycles. The lowest BCUT2D eigenvalue weighted by Crippen LogP contribution is -2.20. The van der Waals surface area contributed by atoms with Crippen LogP contribution in [0.15, 0.2) is 48.5 Å². The van der Waals surface area contributed by atoms with Crippen LogP contribution in [0, 0.1) is 11.6 Å². The molecular weight excluding hydrogens is 252 g/mol. The number of amides is 1. The number of rotatable bonds is 4. The third-order valence-corrected chi connectivity index (χ3v) is 2.29. The minimum atomic E-state index is -0.433. The van der Waals surface area contributed by atoms with Gasteiger partial charge in [0, 0.05) is 5.69 Å². The number of anilines is 1. The van der Waals surface area contributed by atoms with Gasteiger partial charge >= 0.3 is 0 Å². The highest BCUT2D eigenvalue weighted by molar-refractivity contribution is 5.91. The summed E-state index contributed by atoms with van der Waals surface area (Å²) in [4.78, 5) is 11.5. The second-order valence-electron chi connectivity index (χ2n) is 3.80. The van der Waals surface area contributed by atoms with Gasteiger partial charge in [0.1, 0.15) is 17.4 Å². The molecule has 0 aliphatic rings. The smallest absolute Gasteiger partial charge is 0.262 e. The Kier molecular flexibility index (Phi) is 4.07. The maximum Gasteiger partial charge on any atom is 0.262 e. The number of ether oxygens (including phenoxy) is 1. The molecule has 0 aromatic heterocycles. The van der Waals surface area contributed by atoms with E-state index in [2.05, 4.69) is 5.32 Å². The van der Waals surface area contributed by atoms with Crippen molar-refractivity contribution in [1.29, 1.82) is 0 Å². The summed E-state index contributed by atoms with van der Waals surface area (Å²) in [6.07, 6.45) is 0. The standard InChI is InChI=1S/C14H11F2NO2/c15-10-4-6-13(7-5-10)19-9-14(18)17-12-3-1-2-11(16)8-12/h1-8H,9H2,(H,17,18). The van der Waals surface area contributed by atoms with Crippen LogP contribution in [-0.4, -0.2) is 12.5 Å². The van der Waals surface area contributed by atoms with Gasteiger partial charge in [0.2, 0.25) is 0 Å². The first-order valence-corrected chi connectivity index (χ1v) is 5.57. The Morgan fingerprint density at radius 2 is 1.79 bits per heavy atom. The molecule has 0 saturated carbocycles. The van der Waals surface area contributed by atoms with E-state index in [1.807, 2.05) is 0 Å². The number of carbonyl (C=O) groups excluding carboxylic acids is 1. The fourth-order valence-electron chi connectivity index (χ4n) is 1.44. The van der Waals surface area contributed by atoms with Crippen LogP contribution in [0.2, 0.25) is 0 Å². The van der Waals surface area contributed by atoms with Crippen molar-refractivity contribution in [2.24, 2.45) is 0 Å². The molecule has 0 fully saturated rings. The van der Waals surface area contributed by atoms with Crippen molar-refractivity contribution in [3.8, 4) is 5.75 Å². The van der Waals surface area contributed by atoms with Crippen LogP contribution in [0.4, 0.5) is 14.5 Å². The van der Waals surface area contributed by atoms with Crippen LogP contribution in [0.1, 0.15) is 0 Å². The predicted molar refractivity (Wildman–Crippen MR) is 66.9 cm³/mol. The van der Waals surface area contributed by atoms with Crippen LogP contribution in [-0.2, 0) is 4.79 Å². The number of nitrogens with one attached hydrogen (secondary N) is 1. The van der Waals surface area contributed by atoms with Crippen molar-refractivity contribution >= 4 is 11.6 Å². The summed E-state index contributed by atoms with van der Waals surface area (Å²) in [5, 5.41) is 2.49. The molecule has 3 nitrogen and oxygen atoms in total. The Bertz CT molecular complexity index is 570. The normalized spacial score (nSPS) is 10.0.